The number of hydrogen-bond acceptors (Lipinski definition) is 2. The molecule has 0 spiro atoms. The fourth-order valence-corrected chi connectivity index (χ4v) is 2.68. The predicted molar refractivity (Wildman–Crippen MR) is 74.9 cm³/mol. The third kappa shape index (κ3) is 1.84. The number of nitrogens with zero attached hydrogens (tertiary/aromatic N) is 2. The van der Waals surface area contributed by atoms with E-state index in [2.05, 4.69) is 48.8 Å². The van der Waals surface area contributed by atoms with E-state index in [9.17, 15) is 0 Å². The number of fused-ring (bicyclic) bond motifs is 1. The molecule has 0 bridgehead atoms. The van der Waals surface area contributed by atoms with Crippen LogP contribution in [0.1, 0.15) is 16.8 Å². The molecule has 17 heavy (non-hydrogen) atoms. The predicted octanol–water partition coefficient (Wildman–Crippen LogP) is 2.79. The number of aryl methyl sites for hydroxylation is 1. The summed E-state index contributed by atoms with van der Waals surface area (Å²) >= 11 is 2.29. The first-order valence-electron chi connectivity index (χ1n) is 5.36. The zero-order chi connectivity index (χ0) is 11.8. The smallest absolute Gasteiger partial charge is 0.137 e. The van der Waals surface area contributed by atoms with Crippen LogP contribution in [0.4, 0.5) is 0 Å². The number of nitrogens with one attached hydrogen (secondary N) is 2. The summed E-state index contributed by atoms with van der Waals surface area (Å²) in [6.07, 6.45) is 4.71. The molecule has 0 unspecified atom stereocenters. The molecule has 0 aliphatic heterocycles. The van der Waals surface area contributed by atoms with Crippen LogP contribution < -0.4 is 0 Å². The van der Waals surface area contributed by atoms with Crippen molar-refractivity contribution < 1.29 is 0 Å². The number of aromatic nitrogens is 4. The first-order valence-corrected chi connectivity index (χ1v) is 6.44. The second-order valence-electron chi connectivity index (χ2n) is 3.99. The highest BCUT2D eigenvalue weighted by Crippen LogP contribution is 2.22. The fourth-order valence-electron chi connectivity index (χ4n) is 1.98. The molecule has 86 valence electrons. The van der Waals surface area contributed by atoms with Crippen molar-refractivity contribution in [3.63, 3.8) is 0 Å². The average molecular weight is 338 g/mol. The largest absolute Gasteiger partial charge is 0.346 e. The summed E-state index contributed by atoms with van der Waals surface area (Å²) < 4.78 is 1.11. The molecule has 0 amide bonds. The van der Waals surface area contributed by atoms with E-state index in [0.717, 1.165) is 21.5 Å². The third-order valence-electron chi connectivity index (χ3n) is 2.93. The zero-order valence-corrected chi connectivity index (χ0v) is 11.4. The average Bonchev–Trinajstić information content (AvgIpc) is 2.88. The zero-order valence-electron chi connectivity index (χ0n) is 9.29. The minimum Gasteiger partial charge on any atom is -0.346 e. The lowest BCUT2D eigenvalue weighted by molar-refractivity contribution is 1.03. The Balaban J connectivity index is 2.06. The first-order chi connectivity index (χ1) is 8.25. The number of aromatic amines is 2. The van der Waals surface area contributed by atoms with Gasteiger partial charge in [0.15, 0.2) is 0 Å². The van der Waals surface area contributed by atoms with E-state index in [0.29, 0.717) is 0 Å². The molecular weight excluding hydrogens is 327 g/mol. The van der Waals surface area contributed by atoms with Crippen molar-refractivity contribution in [1.82, 2.24) is 20.2 Å². The maximum Gasteiger partial charge on any atom is 0.137 e. The summed E-state index contributed by atoms with van der Waals surface area (Å²) in [6.45, 7) is 2.03. The van der Waals surface area contributed by atoms with Crippen molar-refractivity contribution in [3.8, 4) is 0 Å². The molecule has 0 aliphatic carbocycles. The van der Waals surface area contributed by atoms with Crippen LogP contribution >= 0.6 is 22.6 Å². The molecule has 0 aliphatic rings. The molecule has 0 saturated heterocycles. The standard InChI is InChI=1S/C12H11IN4/c1-7-10(11(13)17-16-7)5-8-6-15-12-9(8)3-2-4-14-12/h2-4,6H,5H2,1H3,(H,14,15)(H,16,17). The summed E-state index contributed by atoms with van der Waals surface area (Å²) in [4.78, 5) is 7.49. The van der Waals surface area contributed by atoms with Gasteiger partial charge in [0.2, 0.25) is 0 Å². The topological polar surface area (TPSA) is 57.4 Å². The van der Waals surface area contributed by atoms with Gasteiger partial charge in [-0.15, -0.1) is 0 Å². The molecule has 0 radical (unpaired) electrons. The third-order valence-corrected chi connectivity index (χ3v) is 3.82. The van der Waals surface area contributed by atoms with Gasteiger partial charge in [-0.1, -0.05) is 0 Å². The molecule has 0 saturated carbocycles. The van der Waals surface area contributed by atoms with Crippen molar-refractivity contribution in [2.24, 2.45) is 0 Å². The molecule has 3 rings (SSSR count). The van der Waals surface area contributed by atoms with Crippen molar-refractivity contribution in [1.29, 1.82) is 0 Å². The molecule has 2 N–H and O–H groups in total. The molecule has 4 nitrogen and oxygen atoms in total. The second-order valence-corrected chi connectivity index (χ2v) is 5.07. The van der Waals surface area contributed by atoms with Crippen LogP contribution in [0.5, 0.6) is 0 Å². The highest BCUT2D eigenvalue weighted by atomic mass is 127. The summed E-state index contributed by atoms with van der Waals surface area (Å²) in [5.74, 6) is 0. The van der Waals surface area contributed by atoms with E-state index in [4.69, 9.17) is 0 Å². The van der Waals surface area contributed by atoms with Crippen molar-refractivity contribution >= 4 is 33.6 Å². The number of hydrogen-bond donors (Lipinski definition) is 2. The molecule has 3 heterocycles. The summed E-state index contributed by atoms with van der Waals surface area (Å²) in [5, 5.41) is 8.41. The van der Waals surface area contributed by atoms with Gasteiger partial charge >= 0.3 is 0 Å². The minimum absolute atomic E-state index is 0.881. The normalized spacial score (nSPS) is 11.2. The monoisotopic (exact) mass is 338 g/mol. The first kappa shape index (κ1) is 10.8. The van der Waals surface area contributed by atoms with Crippen molar-refractivity contribution in [2.45, 2.75) is 13.3 Å². The number of rotatable bonds is 2. The summed E-state index contributed by atoms with van der Waals surface area (Å²) in [6, 6.07) is 4.06. The molecule has 0 fully saturated rings. The second kappa shape index (κ2) is 4.14. The van der Waals surface area contributed by atoms with Gasteiger partial charge < -0.3 is 4.98 Å². The van der Waals surface area contributed by atoms with Crippen molar-refractivity contribution in [3.05, 3.63) is 45.0 Å². The lowest BCUT2D eigenvalue weighted by Crippen LogP contribution is -1.90. The van der Waals surface area contributed by atoms with Crippen LogP contribution in [-0.4, -0.2) is 20.2 Å². The maximum absolute atomic E-state index is 4.30. The maximum atomic E-state index is 4.30. The van der Waals surface area contributed by atoms with Gasteiger partial charge in [0.1, 0.15) is 5.65 Å². The SMILES string of the molecule is Cc1n[nH]c(I)c1Cc1c[nH]c2ncccc12. The Bertz CT molecular complexity index is 649. The lowest BCUT2D eigenvalue weighted by Gasteiger charge is -1.99. The fraction of sp³-hybridized carbons (Fsp3) is 0.167. The Kier molecular flexibility index (Phi) is 2.62. The van der Waals surface area contributed by atoms with Gasteiger partial charge in [-0.05, 0) is 47.2 Å². The van der Waals surface area contributed by atoms with Gasteiger partial charge in [0, 0.05) is 29.8 Å². The van der Waals surface area contributed by atoms with Gasteiger partial charge in [-0.3, -0.25) is 5.10 Å². The quantitative estimate of drug-likeness (QED) is 0.706. The Morgan fingerprint density at radius 3 is 3.06 bits per heavy atom. The van der Waals surface area contributed by atoms with Crippen LogP contribution in [0.2, 0.25) is 0 Å². The van der Waals surface area contributed by atoms with Gasteiger partial charge in [0.25, 0.3) is 0 Å². The van der Waals surface area contributed by atoms with Crippen LogP contribution in [0.15, 0.2) is 24.5 Å². The van der Waals surface area contributed by atoms with Crippen LogP contribution in [0.3, 0.4) is 0 Å². The number of halogens is 1. The summed E-state index contributed by atoms with van der Waals surface area (Å²) in [7, 11) is 0. The highest BCUT2D eigenvalue weighted by molar-refractivity contribution is 14.1. The highest BCUT2D eigenvalue weighted by Gasteiger charge is 2.11. The molecule has 0 atom stereocenters. The molecule has 3 aromatic heterocycles. The van der Waals surface area contributed by atoms with E-state index in [-0.39, 0.29) is 0 Å². The van der Waals surface area contributed by atoms with E-state index in [1.165, 1.54) is 16.5 Å². The summed E-state index contributed by atoms with van der Waals surface area (Å²) in [5.41, 5.74) is 4.53. The lowest BCUT2D eigenvalue weighted by atomic mass is 10.1. The van der Waals surface area contributed by atoms with Gasteiger partial charge in [0.05, 0.1) is 9.39 Å². The van der Waals surface area contributed by atoms with Crippen LogP contribution in [-0.2, 0) is 6.42 Å². The molecular formula is C12H11IN4. The Labute approximate surface area is 112 Å². The number of H-pyrrole nitrogens is 2. The Morgan fingerprint density at radius 1 is 1.41 bits per heavy atom. The van der Waals surface area contributed by atoms with E-state index in [1.807, 2.05) is 19.2 Å². The number of pyridine rings is 1. The Morgan fingerprint density at radius 2 is 2.29 bits per heavy atom. The van der Waals surface area contributed by atoms with Crippen LogP contribution in [0, 0.1) is 10.6 Å². The van der Waals surface area contributed by atoms with E-state index >= 15 is 0 Å². The van der Waals surface area contributed by atoms with Crippen molar-refractivity contribution in [2.75, 3.05) is 0 Å². The molecule has 5 heteroatoms. The van der Waals surface area contributed by atoms with E-state index < -0.39 is 0 Å². The van der Waals surface area contributed by atoms with Gasteiger partial charge in [-0.2, -0.15) is 5.10 Å². The Hall–Kier alpha value is -1.37. The molecule has 3 aromatic rings. The molecule has 0 aromatic carbocycles. The minimum atomic E-state index is 0.881. The van der Waals surface area contributed by atoms with Crippen LogP contribution in [0.25, 0.3) is 11.0 Å². The van der Waals surface area contributed by atoms with E-state index in [1.54, 1.807) is 6.20 Å². The van der Waals surface area contributed by atoms with Gasteiger partial charge in [-0.25, -0.2) is 4.98 Å².